The van der Waals surface area contributed by atoms with E-state index in [9.17, 15) is 0 Å². The van der Waals surface area contributed by atoms with Crippen LogP contribution in [0.1, 0.15) is 12.5 Å². The third-order valence-electron chi connectivity index (χ3n) is 2.86. The summed E-state index contributed by atoms with van der Waals surface area (Å²) in [5, 5.41) is 7.32. The molecule has 0 atom stereocenters. The molecule has 0 radical (unpaired) electrons. The van der Waals surface area contributed by atoms with Crippen LogP contribution in [0.4, 0.5) is 5.13 Å². The molecule has 0 bridgehead atoms. The van der Waals surface area contributed by atoms with Crippen LogP contribution in [0.3, 0.4) is 0 Å². The van der Waals surface area contributed by atoms with Gasteiger partial charge in [0.2, 0.25) is 0 Å². The van der Waals surface area contributed by atoms with Crippen LogP contribution < -0.4 is 5.32 Å². The fourth-order valence-electron chi connectivity index (χ4n) is 1.92. The highest BCUT2D eigenvalue weighted by molar-refractivity contribution is 7.19. The Labute approximate surface area is 126 Å². The van der Waals surface area contributed by atoms with Crippen molar-refractivity contribution < 1.29 is 0 Å². The molecule has 2 aromatic heterocycles. The Hall–Kier alpha value is -1.72. The number of thiazole rings is 2. The molecule has 2 heterocycles. The minimum absolute atomic E-state index is 0.893. The lowest BCUT2D eigenvalue weighted by Gasteiger charge is -1.97. The van der Waals surface area contributed by atoms with Crippen LogP contribution in [-0.4, -0.2) is 16.5 Å². The van der Waals surface area contributed by atoms with Crippen molar-refractivity contribution in [1.82, 2.24) is 9.97 Å². The maximum Gasteiger partial charge on any atom is 0.183 e. The fourth-order valence-corrected chi connectivity index (χ4v) is 3.65. The van der Waals surface area contributed by atoms with Gasteiger partial charge in [0.25, 0.3) is 0 Å². The minimum Gasteiger partial charge on any atom is -0.362 e. The molecule has 102 valence electrons. The van der Waals surface area contributed by atoms with Crippen LogP contribution >= 0.6 is 22.7 Å². The first kappa shape index (κ1) is 13.3. The van der Waals surface area contributed by atoms with Gasteiger partial charge in [0.05, 0.1) is 10.6 Å². The summed E-state index contributed by atoms with van der Waals surface area (Å²) in [6, 6.07) is 8.42. The lowest BCUT2D eigenvalue weighted by Crippen LogP contribution is -1.94. The van der Waals surface area contributed by atoms with Gasteiger partial charge < -0.3 is 5.32 Å². The van der Waals surface area contributed by atoms with Crippen molar-refractivity contribution in [2.24, 2.45) is 0 Å². The van der Waals surface area contributed by atoms with Crippen molar-refractivity contribution in [1.29, 1.82) is 0 Å². The normalized spacial score (nSPS) is 10.7. The summed E-state index contributed by atoms with van der Waals surface area (Å²) in [4.78, 5) is 10.2. The van der Waals surface area contributed by atoms with Crippen molar-refractivity contribution in [3.63, 3.8) is 0 Å². The third kappa shape index (κ3) is 2.73. The lowest BCUT2D eigenvalue weighted by atomic mass is 10.1. The predicted molar refractivity (Wildman–Crippen MR) is 87.6 cm³/mol. The zero-order valence-corrected chi connectivity index (χ0v) is 13.0. The summed E-state index contributed by atoms with van der Waals surface area (Å²) < 4.78 is 0. The Kier molecular flexibility index (Phi) is 3.80. The Morgan fingerprint density at radius 1 is 1.30 bits per heavy atom. The summed E-state index contributed by atoms with van der Waals surface area (Å²) in [5.41, 5.74) is 3.42. The van der Waals surface area contributed by atoms with Crippen LogP contribution in [0.2, 0.25) is 0 Å². The van der Waals surface area contributed by atoms with Crippen molar-refractivity contribution in [3.8, 4) is 21.1 Å². The number of hydrogen-bond donors (Lipinski definition) is 1. The molecule has 0 fully saturated rings. The van der Waals surface area contributed by atoms with Gasteiger partial charge in [-0.15, -0.1) is 22.7 Å². The molecule has 20 heavy (non-hydrogen) atoms. The van der Waals surface area contributed by atoms with Crippen molar-refractivity contribution >= 4 is 27.8 Å². The SMILES string of the molecule is CCNc1nc(-c2cnc(-c3cccc(C)c3)s2)cs1. The molecule has 3 aromatic rings. The molecule has 5 heteroatoms. The van der Waals surface area contributed by atoms with E-state index >= 15 is 0 Å². The van der Waals surface area contributed by atoms with Crippen LogP contribution in [0.25, 0.3) is 21.1 Å². The predicted octanol–water partition coefficient (Wildman–Crippen LogP) is 4.67. The van der Waals surface area contributed by atoms with Gasteiger partial charge in [-0.1, -0.05) is 23.8 Å². The molecule has 0 amide bonds. The van der Waals surface area contributed by atoms with Gasteiger partial charge in [-0.25, -0.2) is 9.97 Å². The summed E-state index contributed by atoms with van der Waals surface area (Å²) in [6.07, 6.45) is 1.91. The molecule has 0 unspecified atom stereocenters. The number of nitrogens with zero attached hydrogens (tertiary/aromatic N) is 2. The van der Waals surface area contributed by atoms with Crippen molar-refractivity contribution in [2.45, 2.75) is 13.8 Å². The van der Waals surface area contributed by atoms with Crippen LogP contribution in [0.15, 0.2) is 35.8 Å². The van der Waals surface area contributed by atoms with E-state index in [4.69, 9.17) is 0 Å². The topological polar surface area (TPSA) is 37.8 Å². The zero-order chi connectivity index (χ0) is 13.9. The number of nitrogens with one attached hydrogen (secondary N) is 1. The molecular weight excluding hydrogens is 286 g/mol. The van der Waals surface area contributed by atoms with E-state index < -0.39 is 0 Å². The van der Waals surface area contributed by atoms with Gasteiger partial charge in [-0.2, -0.15) is 0 Å². The molecule has 3 rings (SSSR count). The zero-order valence-electron chi connectivity index (χ0n) is 11.4. The van der Waals surface area contributed by atoms with E-state index in [2.05, 4.69) is 58.8 Å². The highest BCUT2D eigenvalue weighted by atomic mass is 32.1. The Bertz CT molecular complexity index is 715. The molecule has 0 saturated heterocycles. The Balaban J connectivity index is 1.89. The second-order valence-electron chi connectivity index (χ2n) is 4.47. The maximum absolute atomic E-state index is 4.57. The summed E-state index contributed by atoms with van der Waals surface area (Å²) in [6.45, 7) is 5.06. The van der Waals surface area contributed by atoms with Gasteiger partial charge in [0, 0.05) is 23.7 Å². The first-order valence-corrected chi connectivity index (χ1v) is 8.18. The molecule has 1 aromatic carbocycles. The molecule has 0 saturated carbocycles. The molecule has 3 nitrogen and oxygen atoms in total. The number of hydrogen-bond acceptors (Lipinski definition) is 5. The van der Waals surface area contributed by atoms with Crippen LogP contribution in [0, 0.1) is 6.92 Å². The van der Waals surface area contributed by atoms with E-state index in [1.54, 1.807) is 22.7 Å². The first-order chi connectivity index (χ1) is 9.76. The van der Waals surface area contributed by atoms with E-state index in [0.29, 0.717) is 0 Å². The fraction of sp³-hybridized carbons (Fsp3) is 0.200. The highest BCUT2D eigenvalue weighted by Gasteiger charge is 2.09. The van der Waals surface area contributed by atoms with E-state index in [-0.39, 0.29) is 0 Å². The summed E-state index contributed by atoms with van der Waals surface area (Å²) in [7, 11) is 0. The van der Waals surface area contributed by atoms with Gasteiger partial charge in [0.1, 0.15) is 5.01 Å². The largest absolute Gasteiger partial charge is 0.362 e. The average molecular weight is 301 g/mol. The van der Waals surface area contributed by atoms with E-state index in [0.717, 1.165) is 27.3 Å². The number of rotatable bonds is 4. The van der Waals surface area contributed by atoms with E-state index in [1.165, 1.54) is 11.1 Å². The van der Waals surface area contributed by atoms with Gasteiger partial charge in [0.15, 0.2) is 5.13 Å². The molecule has 0 aliphatic carbocycles. The van der Waals surface area contributed by atoms with Gasteiger partial charge >= 0.3 is 0 Å². The second-order valence-corrected chi connectivity index (χ2v) is 6.36. The lowest BCUT2D eigenvalue weighted by molar-refractivity contribution is 1.19. The second kappa shape index (κ2) is 5.73. The monoisotopic (exact) mass is 301 g/mol. The van der Waals surface area contributed by atoms with Gasteiger partial charge in [-0.3, -0.25) is 0 Å². The molecule has 0 aliphatic heterocycles. The summed E-state index contributed by atoms with van der Waals surface area (Å²) >= 11 is 3.32. The quantitative estimate of drug-likeness (QED) is 0.760. The smallest absolute Gasteiger partial charge is 0.183 e. The molecular formula is C15H15N3S2. The van der Waals surface area contributed by atoms with E-state index in [1.807, 2.05) is 6.20 Å². The Morgan fingerprint density at radius 2 is 2.20 bits per heavy atom. The van der Waals surface area contributed by atoms with Crippen LogP contribution in [0.5, 0.6) is 0 Å². The highest BCUT2D eigenvalue weighted by Crippen LogP contribution is 2.33. The summed E-state index contributed by atoms with van der Waals surface area (Å²) in [5.74, 6) is 0. The van der Waals surface area contributed by atoms with Crippen molar-refractivity contribution in [3.05, 3.63) is 41.4 Å². The standard InChI is InChI=1S/C15H15N3S2/c1-3-16-15-18-12(9-19-15)13-8-17-14(20-13)11-6-4-5-10(2)7-11/h4-9H,3H2,1-2H3,(H,16,18). The molecule has 0 aliphatic rings. The van der Waals surface area contributed by atoms with Crippen molar-refractivity contribution in [2.75, 3.05) is 11.9 Å². The molecule has 0 spiro atoms. The first-order valence-electron chi connectivity index (χ1n) is 6.49. The number of aryl methyl sites for hydroxylation is 1. The number of benzene rings is 1. The molecule has 1 N–H and O–H groups in total. The number of aromatic nitrogens is 2. The maximum atomic E-state index is 4.57. The average Bonchev–Trinajstić information content (AvgIpc) is 3.07. The number of anilines is 1. The minimum atomic E-state index is 0.893. The van der Waals surface area contributed by atoms with Gasteiger partial charge in [-0.05, 0) is 19.9 Å². The third-order valence-corrected chi connectivity index (χ3v) is 4.72. The van der Waals surface area contributed by atoms with Crippen LogP contribution in [-0.2, 0) is 0 Å². The Morgan fingerprint density at radius 3 is 3.00 bits per heavy atom.